The summed E-state index contributed by atoms with van der Waals surface area (Å²) in [5.41, 5.74) is 0. The Morgan fingerprint density at radius 1 is 1.50 bits per heavy atom. The van der Waals surface area contributed by atoms with Crippen LogP contribution >= 0.6 is 22.6 Å². The van der Waals surface area contributed by atoms with Crippen LogP contribution in [-0.2, 0) is 4.74 Å². The maximum atomic E-state index is 12.9. The lowest BCUT2D eigenvalue weighted by Crippen LogP contribution is -2.00. The van der Waals surface area contributed by atoms with Crippen LogP contribution in [0.1, 0.15) is 0 Å². The van der Waals surface area contributed by atoms with E-state index in [1.54, 1.807) is 12.1 Å². The Kier molecular flexibility index (Phi) is 3.74. The summed E-state index contributed by atoms with van der Waals surface area (Å²) in [6.45, 7) is 0.0665. The Labute approximate surface area is 83.8 Å². The molecule has 0 heterocycles. The highest BCUT2D eigenvalue weighted by Gasteiger charge is 2.02. The number of benzene rings is 1. The minimum absolute atomic E-state index is 0.0665. The van der Waals surface area contributed by atoms with Gasteiger partial charge in [0.05, 0.1) is 0 Å². The second-order valence-corrected chi connectivity index (χ2v) is 3.37. The maximum Gasteiger partial charge on any atom is 0.188 e. The quantitative estimate of drug-likeness (QED) is 0.626. The molecule has 0 fully saturated rings. The number of hydrogen-bond acceptors (Lipinski definition) is 2. The summed E-state index contributed by atoms with van der Waals surface area (Å²) in [6, 6.07) is 4.66. The van der Waals surface area contributed by atoms with E-state index in [1.807, 2.05) is 0 Å². The molecule has 0 bridgehead atoms. The molecule has 0 aromatic heterocycles. The fraction of sp³-hybridized carbons (Fsp3) is 0.250. The van der Waals surface area contributed by atoms with E-state index in [0.717, 1.165) is 3.57 Å². The first kappa shape index (κ1) is 9.73. The minimum Gasteiger partial charge on any atom is -0.464 e. The lowest BCUT2D eigenvalue weighted by molar-refractivity contribution is 0.0482. The predicted molar refractivity (Wildman–Crippen MR) is 51.6 cm³/mol. The smallest absolute Gasteiger partial charge is 0.188 e. The molecule has 0 aliphatic rings. The van der Waals surface area contributed by atoms with Crippen molar-refractivity contribution in [2.45, 2.75) is 0 Å². The Morgan fingerprint density at radius 2 is 2.25 bits per heavy atom. The molecule has 0 saturated carbocycles. The van der Waals surface area contributed by atoms with Crippen LogP contribution in [0.5, 0.6) is 5.75 Å². The Hall–Kier alpha value is -0.360. The van der Waals surface area contributed by atoms with Crippen LogP contribution in [0.4, 0.5) is 4.39 Å². The van der Waals surface area contributed by atoms with E-state index in [-0.39, 0.29) is 18.4 Å². The normalized spacial score (nSPS) is 9.92. The molecule has 66 valence electrons. The van der Waals surface area contributed by atoms with Gasteiger partial charge >= 0.3 is 0 Å². The SMILES string of the molecule is COCOc1cc(I)ccc1F. The van der Waals surface area contributed by atoms with Gasteiger partial charge in [-0.3, -0.25) is 0 Å². The Bertz CT molecular complexity index is 265. The van der Waals surface area contributed by atoms with Crippen molar-refractivity contribution in [1.29, 1.82) is 0 Å². The maximum absolute atomic E-state index is 12.9. The number of ether oxygens (including phenoxy) is 2. The van der Waals surface area contributed by atoms with Gasteiger partial charge in [-0.2, -0.15) is 0 Å². The van der Waals surface area contributed by atoms with E-state index < -0.39 is 0 Å². The van der Waals surface area contributed by atoms with Crippen LogP contribution in [0, 0.1) is 9.39 Å². The monoisotopic (exact) mass is 282 g/mol. The van der Waals surface area contributed by atoms with Crippen LogP contribution in [0.15, 0.2) is 18.2 Å². The van der Waals surface area contributed by atoms with Gasteiger partial charge in [-0.05, 0) is 40.8 Å². The summed E-state index contributed by atoms with van der Waals surface area (Å²) in [5, 5.41) is 0. The summed E-state index contributed by atoms with van der Waals surface area (Å²) < 4.78 is 23.5. The van der Waals surface area contributed by atoms with Gasteiger partial charge in [-0.1, -0.05) is 0 Å². The topological polar surface area (TPSA) is 18.5 Å². The Balaban J connectivity index is 2.75. The molecule has 0 N–H and O–H groups in total. The van der Waals surface area contributed by atoms with Crippen LogP contribution in [-0.4, -0.2) is 13.9 Å². The molecule has 0 saturated heterocycles. The van der Waals surface area contributed by atoms with Gasteiger partial charge in [-0.15, -0.1) is 0 Å². The largest absolute Gasteiger partial charge is 0.464 e. The highest BCUT2D eigenvalue weighted by molar-refractivity contribution is 14.1. The third-order valence-corrected chi connectivity index (χ3v) is 1.90. The van der Waals surface area contributed by atoms with Crippen molar-refractivity contribution in [1.82, 2.24) is 0 Å². The van der Waals surface area contributed by atoms with Gasteiger partial charge in [0.2, 0.25) is 0 Å². The third kappa shape index (κ3) is 2.60. The van der Waals surface area contributed by atoms with Crippen LogP contribution in [0.3, 0.4) is 0 Å². The zero-order valence-corrected chi connectivity index (χ0v) is 8.67. The summed E-state index contributed by atoms with van der Waals surface area (Å²) in [6.07, 6.45) is 0. The van der Waals surface area contributed by atoms with Crippen molar-refractivity contribution in [2.75, 3.05) is 13.9 Å². The van der Waals surface area contributed by atoms with Crippen LogP contribution in [0.2, 0.25) is 0 Å². The predicted octanol–water partition coefficient (Wildman–Crippen LogP) is 2.41. The first-order valence-electron chi connectivity index (χ1n) is 3.31. The molecular weight excluding hydrogens is 274 g/mol. The molecule has 0 amide bonds. The van der Waals surface area contributed by atoms with Gasteiger partial charge in [-0.25, -0.2) is 4.39 Å². The average Bonchev–Trinajstić information content (AvgIpc) is 2.07. The summed E-state index contributed by atoms with van der Waals surface area (Å²) >= 11 is 2.09. The summed E-state index contributed by atoms with van der Waals surface area (Å²) in [4.78, 5) is 0. The van der Waals surface area contributed by atoms with Crippen molar-refractivity contribution < 1.29 is 13.9 Å². The first-order chi connectivity index (χ1) is 5.74. The standard InChI is InChI=1S/C8H8FIO2/c1-11-5-12-8-4-6(10)2-3-7(8)9/h2-4H,5H2,1H3. The van der Waals surface area contributed by atoms with Crippen molar-refractivity contribution in [2.24, 2.45) is 0 Å². The minimum atomic E-state index is -0.368. The molecule has 0 unspecified atom stereocenters. The highest BCUT2D eigenvalue weighted by Crippen LogP contribution is 2.19. The number of halogens is 2. The van der Waals surface area contributed by atoms with Gasteiger partial charge in [0.1, 0.15) is 0 Å². The molecule has 1 aromatic rings. The molecule has 4 heteroatoms. The van der Waals surface area contributed by atoms with E-state index in [9.17, 15) is 4.39 Å². The molecule has 0 atom stereocenters. The van der Waals surface area contributed by atoms with Crippen molar-refractivity contribution in [3.63, 3.8) is 0 Å². The van der Waals surface area contributed by atoms with E-state index in [1.165, 1.54) is 13.2 Å². The van der Waals surface area contributed by atoms with Crippen molar-refractivity contribution >= 4 is 22.6 Å². The first-order valence-corrected chi connectivity index (χ1v) is 4.38. The molecule has 1 aromatic carbocycles. The van der Waals surface area contributed by atoms with Gasteiger partial charge in [0, 0.05) is 10.7 Å². The van der Waals surface area contributed by atoms with E-state index in [2.05, 4.69) is 27.3 Å². The fourth-order valence-electron chi connectivity index (χ4n) is 0.710. The second-order valence-electron chi connectivity index (χ2n) is 2.13. The van der Waals surface area contributed by atoms with E-state index >= 15 is 0 Å². The summed E-state index contributed by atoms with van der Waals surface area (Å²) in [5.74, 6) is -0.142. The lowest BCUT2D eigenvalue weighted by Gasteiger charge is -2.05. The van der Waals surface area contributed by atoms with Gasteiger partial charge in [0.25, 0.3) is 0 Å². The molecule has 0 aliphatic heterocycles. The van der Waals surface area contributed by atoms with Gasteiger partial charge in [0.15, 0.2) is 18.4 Å². The Morgan fingerprint density at radius 3 is 2.92 bits per heavy atom. The van der Waals surface area contributed by atoms with Gasteiger partial charge < -0.3 is 9.47 Å². The van der Waals surface area contributed by atoms with Crippen LogP contribution in [0.25, 0.3) is 0 Å². The molecule has 0 spiro atoms. The number of hydrogen-bond donors (Lipinski definition) is 0. The second kappa shape index (κ2) is 4.61. The molecule has 0 aliphatic carbocycles. The average molecular weight is 282 g/mol. The molecule has 0 radical (unpaired) electrons. The number of rotatable bonds is 3. The number of methoxy groups -OCH3 is 1. The highest BCUT2D eigenvalue weighted by atomic mass is 127. The zero-order valence-electron chi connectivity index (χ0n) is 6.51. The van der Waals surface area contributed by atoms with Crippen molar-refractivity contribution in [3.05, 3.63) is 27.6 Å². The van der Waals surface area contributed by atoms with E-state index in [4.69, 9.17) is 4.74 Å². The summed E-state index contributed by atoms with van der Waals surface area (Å²) in [7, 11) is 1.49. The van der Waals surface area contributed by atoms with E-state index in [0.29, 0.717) is 0 Å². The van der Waals surface area contributed by atoms with Crippen LogP contribution < -0.4 is 4.74 Å². The molecule has 12 heavy (non-hydrogen) atoms. The zero-order chi connectivity index (χ0) is 8.97. The molecule has 1 rings (SSSR count). The fourth-order valence-corrected chi connectivity index (χ4v) is 1.17. The lowest BCUT2D eigenvalue weighted by atomic mass is 10.3. The molecular formula is C8H8FIO2. The third-order valence-electron chi connectivity index (χ3n) is 1.23. The molecule has 2 nitrogen and oxygen atoms in total. The van der Waals surface area contributed by atoms with Crippen molar-refractivity contribution in [3.8, 4) is 5.75 Å².